The van der Waals surface area contributed by atoms with Gasteiger partial charge in [-0.15, -0.1) is 0 Å². The lowest BCUT2D eigenvalue weighted by molar-refractivity contribution is 0.357. The molecule has 0 heterocycles. The van der Waals surface area contributed by atoms with E-state index < -0.39 is 0 Å². The number of allylic oxidation sites excluding steroid dienone is 12. The summed E-state index contributed by atoms with van der Waals surface area (Å²) in [6.45, 7) is 18.8. The summed E-state index contributed by atoms with van der Waals surface area (Å²) in [6.07, 6.45) is 26.0. The van der Waals surface area contributed by atoms with E-state index in [2.05, 4.69) is 119 Å². The molecule has 1 aromatic rings. The molecule has 0 unspecified atom stereocenters. The average molecular weight is 428 g/mol. The van der Waals surface area contributed by atoms with E-state index in [9.17, 15) is 0 Å². The van der Waals surface area contributed by atoms with Gasteiger partial charge in [-0.2, -0.15) is 0 Å². The van der Waals surface area contributed by atoms with Crippen molar-refractivity contribution in [2.75, 3.05) is 4.90 Å². The molecule has 1 rings (SSSR count). The standard InChI is InChI=1S/C31H41N/c1-8-18-27(19-9-2)21-16-24-29(20-10-3)32(30-22-14-13-15-23-30)28(11-4)25-17-26-31(6,7)12-5/h8-11,13-20,22-25H,1,3,12,21,26H2,2,4-7H3/b19-9-,24-16-,25-17-,27-18+,28-11+,29-20+. The third-order valence-electron chi connectivity index (χ3n) is 5.39. The predicted molar refractivity (Wildman–Crippen MR) is 146 cm³/mol. The number of rotatable bonds is 13. The summed E-state index contributed by atoms with van der Waals surface area (Å²) in [6, 6.07) is 10.5. The van der Waals surface area contributed by atoms with Crippen molar-refractivity contribution in [3.05, 3.63) is 127 Å². The Balaban J connectivity index is 3.34. The fraction of sp³-hybridized carbons (Fsp3) is 0.290. The number of para-hydroxylation sites is 1. The minimum atomic E-state index is 0.299. The summed E-state index contributed by atoms with van der Waals surface area (Å²) >= 11 is 0. The first-order valence-electron chi connectivity index (χ1n) is 11.5. The highest BCUT2D eigenvalue weighted by Gasteiger charge is 2.15. The third-order valence-corrected chi connectivity index (χ3v) is 5.39. The molecule has 1 aromatic carbocycles. The maximum atomic E-state index is 3.96. The summed E-state index contributed by atoms with van der Waals surface area (Å²) < 4.78 is 0. The van der Waals surface area contributed by atoms with Gasteiger partial charge >= 0.3 is 0 Å². The SMILES string of the molecule is C=C/C=C(\C=C/C)C/C=C\C(=C/C=C)N(C(/C=C\CC(C)(C)CC)=C/C)c1ccccc1. The maximum absolute atomic E-state index is 3.96. The molecular formula is C31H41N. The Morgan fingerprint density at radius 3 is 2.12 bits per heavy atom. The van der Waals surface area contributed by atoms with Crippen LogP contribution < -0.4 is 4.90 Å². The van der Waals surface area contributed by atoms with Crippen LogP contribution in [-0.2, 0) is 0 Å². The molecule has 0 spiro atoms. The van der Waals surface area contributed by atoms with Gasteiger partial charge in [0.15, 0.2) is 0 Å². The number of nitrogens with zero attached hydrogens (tertiary/aromatic N) is 1. The fourth-order valence-corrected chi connectivity index (χ4v) is 3.17. The van der Waals surface area contributed by atoms with Crippen LogP contribution in [0.3, 0.4) is 0 Å². The van der Waals surface area contributed by atoms with Crippen LogP contribution in [-0.4, -0.2) is 0 Å². The Hall–Kier alpha value is -3.06. The summed E-state index contributed by atoms with van der Waals surface area (Å²) in [4.78, 5) is 2.28. The topological polar surface area (TPSA) is 3.24 Å². The maximum Gasteiger partial charge on any atom is 0.0461 e. The molecule has 0 aliphatic heterocycles. The summed E-state index contributed by atoms with van der Waals surface area (Å²) in [5.41, 5.74) is 4.84. The molecule has 0 fully saturated rings. The zero-order valence-corrected chi connectivity index (χ0v) is 20.7. The first-order valence-corrected chi connectivity index (χ1v) is 11.5. The van der Waals surface area contributed by atoms with Gasteiger partial charge in [-0.3, -0.25) is 0 Å². The second-order valence-corrected chi connectivity index (χ2v) is 8.42. The highest BCUT2D eigenvalue weighted by Crippen LogP contribution is 2.28. The van der Waals surface area contributed by atoms with Gasteiger partial charge in [0.1, 0.15) is 0 Å². The minimum absolute atomic E-state index is 0.299. The Morgan fingerprint density at radius 2 is 1.56 bits per heavy atom. The van der Waals surface area contributed by atoms with Gasteiger partial charge in [0, 0.05) is 17.1 Å². The van der Waals surface area contributed by atoms with Gasteiger partial charge in [-0.25, -0.2) is 0 Å². The highest BCUT2D eigenvalue weighted by atomic mass is 15.1. The number of hydrogen-bond acceptors (Lipinski definition) is 1. The van der Waals surface area contributed by atoms with Gasteiger partial charge in [-0.05, 0) is 68.0 Å². The Labute approximate surface area is 197 Å². The van der Waals surface area contributed by atoms with Gasteiger partial charge < -0.3 is 4.90 Å². The molecule has 0 N–H and O–H groups in total. The van der Waals surface area contributed by atoms with Gasteiger partial charge in [0.25, 0.3) is 0 Å². The molecule has 0 radical (unpaired) electrons. The van der Waals surface area contributed by atoms with Crippen molar-refractivity contribution >= 4 is 5.69 Å². The lowest BCUT2D eigenvalue weighted by Crippen LogP contribution is -2.20. The number of benzene rings is 1. The van der Waals surface area contributed by atoms with E-state index in [1.54, 1.807) is 0 Å². The van der Waals surface area contributed by atoms with E-state index in [4.69, 9.17) is 0 Å². The molecular weight excluding hydrogens is 386 g/mol. The minimum Gasteiger partial charge on any atom is -0.311 e. The van der Waals surface area contributed by atoms with E-state index >= 15 is 0 Å². The molecule has 0 amide bonds. The van der Waals surface area contributed by atoms with Gasteiger partial charge in [0.05, 0.1) is 0 Å². The quantitative estimate of drug-likeness (QED) is 0.283. The molecule has 0 bridgehead atoms. The molecule has 0 saturated carbocycles. The van der Waals surface area contributed by atoms with Crippen LogP contribution >= 0.6 is 0 Å². The Bertz CT molecular complexity index is 886. The second-order valence-electron chi connectivity index (χ2n) is 8.42. The fourth-order valence-electron chi connectivity index (χ4n) is 3.17. The summed E-state index contributed by atoms with van der Waals surface area (Å²) in [5.74, 6) is 0. The predicted octanol–water partition coefficient (Wildman–Crippen LogP) is 9.48. The molecule has 0 saturated heterocycles. The first kappa shape index (κ1) is 27.0. The average Bonchev–Trinajstić information content (AvgIpc) is 2.79. The summed E-state index contributed by atoms with van der Waals surface area (Å²) in [5, 5.41) is 0. The van der Waals surface area contributed by atoms with Crippen LogP contribution in [0.25, 0.3) is 0 Å². The van der Waals surface area contributed by atoms with Crippen LogP contribution in [0.15, 0.2) is 127 Å². The molecule has 0 aliphatic rings. The molecule has 1 nitrogen and oxygen atoms in total. The molecule has 0 atom stereocenters. The van der Waals surface area contributed by atoms with Crippen molar-refractivity contribution in [3.8, 4) is 0 Å². The van der Waals surface area contributed by atoms with E-state index in [1.807, 2.05) is 31.2 Å². The second kappa shape index (κ2) is 14.9. The number of hydrogen-bond donors (Lipinski definition) is 0. The van der Waals surface area contributed by atoms with Crippen LogP contribution in [0.2, 0.25) is 0 Å². The number of anilines is 1. The first-order chi connectivity index (χ1) is 15.4. The zero-order valence-electron chi connectivity index (χ0n) is 20.7. The van der Waals surface area contributed by atoms with E-state index in [1.165, 1.54) is 5.57 Å². The van der Waals surface area contributed by atoms with E-state index in [0.717, 1.165) is 36.3 Å². The Kier molecular flexibility index (Phi) is 12.5. The Morgan fingerprint density at radius 1 is 0.906 bits per heavy atom. The molecule has 1 heteroatoms. The molecule has 32 heavy (non-hydrogen) atoms. The van der Waals surface area contributed by atoms with Crippen LogP contribution in [0.5, 0.6) is 0 Å². The van der Waals surface area contributed by atoms with Crippen molar-refractivity contribution in [2.45, 2.75) is 53.9 Å². The largest absolute Gasteiger partial charge is 0.311 e. The van der Waals surface area contributed by atoms with Crippen molar-refractivity contribution in [3.63, 3.8) is 0 Å². The normalized spacial score (nSPS) is 14.0. The smallest absolute Gasteiger partial charge is 0.0461 e. The third kappa shape index (κ3) is 9.39. The van der Waals surface area contributed by atoms with Crippen molar-refractivity contribution < 1.29 is 0 Å². The summed E-state index contributed by atoms with van der Waals surface area (Å²) in [7, 11) is 0. The molecule has 0 aliphatic carbocycles. The van der Waals surface area contributed by atoms with E-state index in [-0.39, 0.29) is 0 Å². The van der Waals surface area contributed by atoms with Crippen molar-refractivity contribution in [1.82, 2.24) is 0 Å². The lowest BCUT2D eigenvalue weighted by atomic mass is 9.86. The molecule has 170 valence electrons. The van der Waals surface area contributed by atoms with Crippen LogP contribution in [0.1, 0.15) is 53.9 Å². The van der Waals surface area contributed by atoms with Gasteiger partial charge in [0.2, 0.25) is 0 Å². The van der Waals surface area contributed by atoms with Gasteiger partial charge in [-0.1, -0.05) is 107 Å². The monoisotopic (exact) mass is 427 g/mol. The van der Waals surface area contributed by atoms with Crippen LogP contribution in [0.4, 0.5) is 5.69 Å². The highest BCUT2D eigenvalue weighted by molar-refractivity contribution is 5.63. The lowest BCUT2D eigenvalue weighted by Gasteiger charge is -2.28. The van der Waals surface area contributed by atoms with Crippen LogP contribution in [0, 0.1) is 5.41 Å². The zero-order chi connectivity index (χ0) is 23.8. The van der Waals surface area contributed by atoms with E-state index in [0.29, 0.717) is 5.41 Å². The van der Waals surface area contributed by atoms with Crippen molar-refractivity contribution in [2.24, 2.45) is 5.41 Å². The van der Waals surface area contributed by atoms with Crippen molar-refractivity contribution in [1.29, 1.82) is 0 Å². The molecule has 0 aromatic heterocycles.